The first-order valence-electron chi connectivity index (χ1n) is 7.00. The van der Waals surface area contributed by atoms with E-state index in [2.05, 4.69) is 10.1 Å². The first-order chi connectivity index (χ1) is 9.78. The highest BCUT2D eigenvalue weighted by Crippen LogP contribution is 2.38. The minimum absolute atomic E-state index is 0.254. The van der Waals surface area contributed by atoms with Gasteiger partial charge in [0.2, 0.25) is 11.7 Å². The van der Waals surface area contributed by atoms with Crippen molar-refractivity contribution in [2.24, 2.45) is 0 Å². The third kappa shape index (κ3) is 2.82. The van der Waals surface area contributed by atoms with Crippen LogP contribution < -0.4 is 4.74 Å². The van der Waals surface area contributed by atoms with Gasteiger partial charge in [-0.2, -0.15) is 4.98 Å². The summed E-state index contributed by atoms with van der Waals surface area (Å²) >= 11 is 0. The SMILES string of the molecule is CCC(O)c1ccccc1OCc1noc(C2CC2)n1. The van der Waals surface area contributed by atoms with E-state index in [0.29, 0.717) is 29.8 Å². The van der Waals surface area contributed by atoms with Gasteiger partial charge in [-0.05, 0) is 25.3 Å². The van der Waals surface area contributed by atoms with Crippen LogP contribution in [0.3, 0.4) is 0 Å². The number of hydrogen-bond donors (Lipinski definition) is 1. The molecule has 2 aromatic rings. The summed E-state index contributed by atoms with van der Waals surface area (Å²) in [7, 11) is 0. The molecule has 3 rings (SSSR count). The van der Waals surface area contributed by atoms with E-state index in [1.54, 1.807) is 0 Å². The van der Waals surface area contributed by atoms with E-state index >= 15 is 0 Å². The number of hydrogen-bond acceptors (Lipinski definition) is 5. The van der Waals surface area contributed by atoms with Crippen LogP contribution in [0.5, 0.6) is 5.75 Å². The Morgan fingerprint density at radius 2 is 2.20 bits per heavy atom. The van der Waals surface area contributed by atoms with Gasteiger partial charge >= 0.3 is 0 Å². The topological polar surface area (TPSA) is 68.4 Å². The highest BCUT2D eigenvalue weighted by molar-refractivity contribution is 5.35. The van der Waals surface area contributed by atoms with Gasteiger partial charge in [0.25, 0.3) is 0 Å². The van der Waals surface area contributed by atoms with E-state index in [0.717, 1.165) is 18.4 Å². The molecular weight excluding hydrogens is 256 g/mol. The second-order valence-corrected chi connectivity index (χ2v) is 5.07. The van der Waals surface area contributed by atoms with Crippen molar-refractivity contribution in [2.45, 2.75) is 44.8 Å². The lowest BCUT2D eigenvalue weighted by atomic mass is 10.1. The Labute approximate surface area is 117 Å². The fraction of sp³-hybridized carbons (Fsp3) is 0.467. The highest BCUT2D eigenvalue weighted by Gasteiger charge is 2.29. The zero-order valence-corrected chi connectivity index (χ0v) is 11.5. The molecule has 0 amide bonds. The molecule has 20 heavy (non-hydrogen) atoms. The molecule has 0 bridgehead atoms. The Hall–Kier alpha value is -1.88. The van der Waals surface area contributed by atoms with Crippen molar-refractivity contribution < 1.29 is 14.4 Å². The number of nitrogens with zero attached hydrogens (tertiary/aromatic N) is 2. The van der Waals surface area contributed by atoms with Gasteiger partial charge in [-0.15, -0.1) is 0 Å². The third-order valence-electron chi connectivity index (χ3n) is 3.43. The first kappa shape index (κ1) is 13.1. The molecule has 5 heteroatoms. The van der Waals surface area contributed by atoms with Crippen LogP contribution in [0.4, 0.5) is 0 Å². The molecule has 1 aliphatic carbocycles. The largest absolute Gasteiger partial charge is 0.485 e. The monoisotopic (exact) mass is 274 g/mol. The number of rotatable bonds is 6. The maximum Gasteiger partial charge on any atom is 0.229 e. The molecular formula is C15H18N2O3. The second-order valence-electron chi connectivity index (χ2n) is 5.07. The van der Waals surface area contributed by atoms with Gasteiger partial charge in [-0.1, -0.05) is 30.3 Å². The summed E-state index contributed by atoms with van der Waals surface area (Å²) in [5, 5.41) is 13.9. The molecule has 1 heterocycles. The average molecular weight is 274 g/mol. The lowest BCUT2D eigenvalue weighted by Crippen LogP contribution is -2.03. The van der Waals surface area contributed by atoms with Crippen LogP contribution in [0.15, 0.2) is 28.8 Å². The lowest BCUT2D eigenvalue weighted by Gasteiger charge is -2.13. The molecule has 1 saturated carbocycles. The summed E-state index contributed by atoms with van der Waals surface area (Å²) < 4.78 is 10.9. The molecule has 1 N–H and O–H groups in total. The van der Waals surface area contributed by atoms with Crippen LogP contribution in [0.1, 0.15) is 55.5 Å². The van der Waals surface area contributed by atoms with Crippen LogP contribution >= 0.6 is 0 Å². The number of aliphatic hydroxyl groups excluding tert-OH is 1. The molecule has 1 unspecified atom stereocenters. The molecule has 1 aromatic carbocycles. The average Bonchev–Trinajstić information content (AvgIpc) is 3.24. The van der Waals surface area contributed by atoms with Crippen LogP contribution in [0, 0.1) is 0 Å². The molecule has 1 atom stereocenters. The fourth-order valence-electron chi connectivity index (χ4n) is 2.07. The summed E-state index contributed by atoms with van der Waals surface area (Å²) in [6, 6.07) is 7.49. The van der Waals surface area contributed by atoms with E-state index < -0.39 is 6.10 Å². The van der Waals surface area contributed by atoms with Crippen molar-refractivity contribution in [3.05, 3.63) is 41.5 Å². The Kier molecular flexibility index (Phi) is 3.69. The van der Waals surface area contributed by atoms with E-state index in [9.17, 15) is 5.11 Å². The summed E-state index contributed by atoms with van der Waals surface area (Å²) in [5.74, 6) is 2.38. The third-order valence-corrected chi connectivity index (χ3v) is 3.43. The number of para-hydroxylation sites is 1. The van der Waals surface area contributed by atoms with Crippen molar-refractivity contribution in [3.8, 4) is 5.75 Å². The molecule has 1 aromatic heterocycles. The molecule has 0 aliphatic heterocycles. The van der Waals surface area contributed by atoms with E-state index in [4.69, 9.17) is 9.26 Å². The molecule has 0 spiro atoms. The van der Waals surface area contributed by atoms with Crippen molar-refractivity contribution in [2.75, 3.05) is 0 Å². The Morgan fingerprint density at radius 1 is 1.40 bits per heavy atom. The highest BCUT2D eigenvalue weighted by atomic mass is 16.5. The van der Waals surface area contributed by atoms with Gasteiger partial charge < -0.3 is 14.4 Å². The van der Waals surface area contributed by atoms with E-state index in [-0.39, 0.29) is 6.61 Å². The van der Waals surface area contributed by atoms with Crippen LogP contribution in [-0.2, 0) is 6.61 Å². The number of aliphatic hydroxyl groups is 1. The number of ether oxygens (including phenoxy) is 1. The van der Waals surface area contributed by atoms with E-state index in [1.807, 2.05) is 31.2 Å². The Balaban J connectivity index is 1.67. The number of benzene rings is 1. The van der Waals surface area contributed by atoms with Crippen molar-refractivity contribution in [1.29, 1.82) is 0 Å². The maximum atomic E-state index is 9.96. The molecule has 5 nitrogen and oxygen atoms in total. The normalized spacial score (nSPS) is 16.1. The summed E-state index contributed by atoms with van der Waals surface area (Å²) in [4.78, 5) is 4.32. The predicted molar refractivity (Wildman–Crippen MR) is 72.3 cm³/mol. The predicted octanol–water partition coefficient (Wildman–Crippen LogP) is 2.97. The van der Waals surface area contributed by atoms with Crippen LogP contribution in [0.2, 0.25) is 0 Å². The zero-order valence-electron chi connectivity index (χ0n) is 11.5. The molecule has 1 fully saturated rings. The first-order valence-corrected chi connectivity index (χ1v) is 7.00. The quantitative estimate of drug-likeness (QED) is 0.877. The lowest BCUT2D eigenvalue weighted by molar-refractivity contribution is 0.165. The maximum absolute atomic E-state index is 9.96. The fourth-order valence-corrected chi connectivity index (χ4v) is 2.07. The van der Waals surface area contributed by atoms with Crippen molar-refractivity contribution in [3.63, 3.8) is 0 Å². The molecule has 106 valence electrons. The minimum atomic E-state index is -0.515. The van der Waals surface area contributed by atoms with Gasteiger partial charge in [0.05, 0.1) is 6.10 Å². The van der Waals surface area contributed by atoms with Gasteiger partial charge in [0.1, 0.15) is 5.75 Å². The summed E-state index contributed by atoms with van der Waals surface area (Å²) in [6.45, 7) is 2.19. The number of aromatic nitrogens is 2. The van der Waals surface area contributed by atoms with Gasteiger partial charge in [-0.3, -0.25) is 0 Å². The standard InChI is InChI=1S/C15H18N2O3/c1-2-12(18)11-5-3-4-6-13(11)19-9-14-16-15(20-17-14)10-7-8-10/h3-6,10,12,18H,2,7-9H2,1H3. The van der Waals surface area contributed by atoms with E-state index in [1.165, 1.54) is 0 Å². The Morgan fingerprint density at radius 3 is 2.95 bits per heavy atom. The zero-order chi connectivity index (χ0) is 13.9. The van der Waals surface area contributed by atoms with Crippen molar-refractivity contribution in [1.82, 2.24) is 10.1 Å². The van der Waals surface area contributed by atoms with Gasteiger partial charge in [0.15, 0.2) is 6.61 Å². The molecule has 0 saturated heterocycles. The van der Waals surface area contributed by atoms with Crippen molar-refractivity contribution >= 4 is 0 Å². The second kappa shape index (κ2) is 5.63. The molecule has 0 radical (unpaired) electrons. The van der Waals surface area contributed by atoms with Gasteiger partial charge in [0, 0.05) is 11.5 Å². The smallest absolute Gasteiger partial charge is 0.229 e. The van der Waals surface area contributed by atoms with Crippen LogP contribution in [-0.4, -0.2) is 15.2 Å². The van der Waals surface area contributed by atoms with Crippen LogP contribution in [0.25, 0.3) is 0 Å². The molecule has 1 aliphatic rings. The minimum Gasteiger partial charge on any atom is -0.485 e. The summed E-state index contributed by atoms with van der Waals surface area (Å²) in [5.41, 5.74) is 0.793. The van der Waals surface area contributed by atoms with Gasteiger partial charge in [-0.25, -0.2) is 0 Å². The summed E-state index contributed by atoms with van der Waals surface area (Å²) in [6.07, 6.45) is 2.40. The Bertz CT molecular complexity index is 578.